The maximum atomic E-state index is 13.5. The summed E-state index contributed by atoms with van der Waals surface area (Å²) in [5.74, 6) is -1.02. The average molecular weight is 583 g/mol. The SMILES string of the molecule is Cn1c(Sc2ccc(Br)cc2)c(/C=C2\C(=O)NC(=S)N(c3ccc(Cl)cc3)C2=O)c2ccccc21. The largest absolute Gasteiger partial charge is 0.338 e. The molecule has 5 nitrogen and oxygen atoms in total. The average Bonchev–Trinajstić information content (AvgIpc) is 3.10. The fourth-order valence-electron chi connectivity index (χ4n) is 3.90. The minimum absolute atomic E-state index is 0.00237. The van der Waals surface area contributed by atoms with Crippen LogP contribution in [0.3, 0.4) is 0 Å². The van der Waals surface area contributed by atoms with Crippen LogP contribution in [-0.4, -0.2) is 21.5 Å². The van der Waals surface area contributed by atoms with E-state index in [4.69, 9.17) is 23.8 Å². The van der Waals surface area contributed by atoms with Crippen molar-refractivity contribution in [3.05, 3.63) is 93.4 Å². The molecular weight excluding hydrogens is 566 g/mol. The highest BCUT2D eigenvalue weighted by Gasteiger charge is 2.35. The highest BCUT2D eigenvalue weighted by molar-refractivity contribution is 9.10. The Kier molecular flexibility index (Phi) is 6.55. The van der Waals surface area contributed by atoms with Crippen LogP contribution in [-0.2, 0) is 16.6 Å². The highest BCUT2D eigenvalue weighted by Crippen LogP contribution is 2.38. The second kappa shape index (κ2) is 9.62. The van der Waals surface area contributed by atoms with Crippen LogP contribution in [0.15, 0.2) is 92.8 Å². The van der Waals surface area contributed by atoms with E-state index >= 15 is 0 Å². The first-order chi connectivity index (χ1) is 16.8. The molecule has 5 rings (SSSR count). The second-order valence-electron chi connectivity index (χ2n) is 7.79. The number of aryl methyl sites for hydroxylation is 1. The Hall–Kier alpha value is -2.91. The number of fused-ring (bicyclic) bond motifs is 1. The number of hydrogen-bond donors (Lipinski definition) is 1. The number of thiocarbonyl (C=S) groups is 1. The van der Waals surface area contributed by atoms with Gasteiger partial charge in [-0.05, 0) is 72.9 Å². The number of nitrogens with one attached hydrogen (secondary N) is 1. The third-order valence-electron chi connectivity index (χ3n) is 5.59. The van der Waals surface area contributed by atoms with Crippen molar-refractivity contribution in [3.63, 3.8) is 0 Å². The van der Waals surface area contributed by atoms with E-state index in [9.17, 15) is 9.59 Å². The molecule has 0 spiro atoms. The number of nitrogens with zero attached hydrogens (tertiary/aromatic N) is 2. The summed E-state index contributed by atoms with van der Waals surface area (Å²) in [7, 11) is 1.98. The topological polar surface area (TPSA) is 54.3 Å². The molecule has 0 bridgehead atoms. The lowest BCUT2D eigenvalue weighted by molar-refractivity contribution is -0.122. The molecular formula is C26H17BrClN3O2S2. The molecule has 0 unspecified atom stereocenters. The summed E-state index contributed by atoms with van der Waals surface area (Å²) in [4.78, 5) is 28.8. The summed E-state index contributed by atoms with van der Waals surface area (Å²) in [6.45, 7) is 0. The maximum absolute atomic E-state index is 13.5. The van der Waals surface area contributed by atoms with E-state index in [2.05, 4.69) is 25.8 Å². The van der Waals surface area contributed by atoms with E-state index in [1.165, 1.54) is 4.90 Å². The molecule has 0 saturated carbocycles. The lowest BCUT2D eigenvalue weighted by Gasteiger charge is -2.29. The van der Waals surface area contributed by atoms with Crippen LogP contribution in [0.5, 0.6) is 0 Å². The molecule has 1 aromatic heterocycles. The molecule has 1 aliphatic rings. The van der Waals surface area contributed by atoms with Crippen molar-refractivity contribution in [2.75, 3.05) is 4.90 Å². The summed E-state index contributed by atoms with van der Waals surface area (Å²) in [6, 6.07) is 22.6. The number of anilines is 1. The first kappa shape index (κ1) is 23.8. The summed E-state index contributed by atoms with van der Waals surface area (Å²) >= 11 is 16.4. The van der Waals surface area contributed by atoms with Crippen molar-refractivity contribution >= 4 is 91.1 Å². The molecule has 0 radical (unpaired) electrons. The summed E-state index contributed by atoms with van der Waals surface area (Å²) in [5, 5.41) is 5.07. The molecule has 2 amide bonds. The molecule has 1 fully saturated rings. The maximum Gasteiger partial charge on any atom is 0.270 e. The van der Waals surface area contributed by atoms with Crippen molar-refractivity contribution in [2.45, 2.75) is 9.92 Å². The van der Waals surface area contributed by atoms with Gasteiger partial charge >= 0.3 is 0 Å². The van der Waals surface area contributed by atoms with Gasteiger partial charge < -0.3 is 4.57 Å². The zero-order chi connectivity index (χ0) is 24.7. The Labute approximate surface area is 224 Å². The van der Waals surface area contributed by atoms with Gasteiger partial charge in [0.05, 0.1) is 10.7 Å². The standard InChI is InChI=1S/C26H17BrClN3O2S2/c1-30-22-5-3-2-4-19(22)20(25(30)35-18-12-6-15(27)7-13-18)14-21-23(32)29-26(34)31(24(21)33)17-10-8-16(28)9-11-17/h2-14H,1H3,(H,29,32,34)/b21-14+. The molecule has 1 saturated heterocycles. The van der Waals surface area contributed by atoms with Gasteiger partial charge in [0, 0.05) is 37.9 Å². The minimum atomic E-state index is -0.530. The van der Waals surface area contributed by atoms with E-state index in [1.54, 1.807) is 42.1 Å². The van der Waals surface area contributed by atoms with Gasteiger partial charge in [0.2, 0.25) is 0 Å². The Morgan fingerprint density at radius 2 is 1.69 bits per heavy atom. The predicted octanol–water partition coefficient (Wildman–Crippen LogP) is 6.58. The normalized spacial score (nSPS) is 15.2. The van der Waals surface area contributed by atoms with Gasteiger partial charge in [-0.15, -0.1) is 0 Å². The molecule has 2 heterocycles. The zero-order valence-electron chi connectivity index (χ0n) is 18.3. The smallest absolute Gasteiger partial charge is 0.270 e. The number of carbonyl (C=O) groups excluding carboxylic acids is 2. The van der Waals surface area contributed by atoms with Crippen LogP contribution in [0.1, 0.15) is 5.56 Å². The lowest BCUT2D eigenvalue weighted by atomic mass is 10.1. The van der Waals surface area contributed by atoms with Crippen molar-refractivity contribution in [1.82, 2.24) is 9.88 Å². The Bertz CT molecular complexity index is 1530. The first-order valence-corrected chi connectivity index (χ1v) is 12.9. The van der Waals surface area contributed by atoms with Gasteiger partial charge in [0.25, 0.3) is 11.8 Å². The molecule has 35 heavy (non-hydrogen) atoms. The Balaban J connectivity index is 1.64. The monoisotopic (exact) mass is 581 g/mol. The fourth-order valence-corrected chi connectivity index (χ4v) is 5.58. The van der Waals surface area contributed by atoms with E-state index in [0.717, 1.165) is 30.9 Å². The quantitative estimate of drug-likeness (QED) is 0.168. The van der Waals surface area contributed by atoms with Crippen LogP contribution in [0, 0.1) is 0 Å². The molecule has 1 N–H and O–H groups in total. The van der Waals surface area contributed by atoms with Gasteiger partial charge in [-0.2, -0.15) is 0 Å². The molecule has 9 heteroatoms. The number of benzene rings is 3. The van der Waals surface area contributed by atoms with Gasteiger partial charge in [0.1, 0.15) is 5.57 Å². The van der Waals surface area contributed by atoms with Crippen molar-refractivity contribution < 1.29 is 9.59 Å². The number of halogens is 2. The van der Waals surface area contributed by atoms with Crippen molar-refractivity contribution in [1.29, 1.82) is 0 Å². The number of rotatable bonds is 4. The van der Waals surface area contributed by atoms with E-state index in [-0.39, 0.29) is 10.7 Å². The third kappa shape index (κ3) is 4.54. The summed E-state index contributed by atoms with van der Waals surface area (Å²) < 4.78 is 3.06. The Morgan fingerprint density at radius 1 is 1.00 bits per heavy atom. The molecule has 0 aliphatic carbocycles. The molecule has 4 aromatic rings. The Morgan fingerprint density at radius 3 is 2.40 bits per heavy atom. The molecule has 3 aromatic carbocycles. The predicted molar refractivity (Wildman–Crippen MR) is 149 cm³/mol. The van der Waals surface area contributed by atoms with Crippen LogP contribution in [0.4, 0.5) is 5.69 Å². The number of aromatic nitrogens is 1. The van der Waals surface area contributed by atoms with Crippen molar-refractivity contribution in [3.8, 4) is 0 Å². The van der Waals surface area contributed by atoms with Gasteiger partial charge in [-0.1, -0.05) is 57.5 Å². The lowest BCUT2D eigenvalue weighted by Crippen LogP contribution is -2.54. The van der Waals surface area contributed by atoms with Crippen LogP contribution < -0.4 is 10.2 Å². The number of hydrogen-bond acceptors (Lipinski definition) is 4. The van der Waals surface area contributed by atoms with Gasteiger partial charge in [0.15, 0.2) is 5.11 Å². The molecule has 0 atom stereocenters. The van der Waals surface area contributed by atoms with E-state index < -0.39 is 11.8 Å². The zero-order valence-corrected chi connectivity index (χ0v) is 22.3. The van der Waals surface area contributed by atoms with Crippen LogP contribution in [0.25, 0.3) is 17.0 Å². The number of para-hydroxylation sites is 1. The van der Waals surface area contributed by atoms with Crippen molar-refractivity contribution in [2.24, 2.45) is 7.05 Å². The molecule has 1 aliphatic heterocycles. The molecule has 174 valence electrons. The summed E-state index contributed by atoms with van der Waals surface area (Å²) in [6.07, 6.45) is 1.66. The van der Waals surface area contributed by atoms with Gasteiger partial charge in [-0.3, -0.25) is 19.8 Å². The fraction of sp³-hybridized carbons (Fsp3) is 0.0385. The summed E-state index contributed by atoms with van der Waals surface area (Å²) in [5.41, 5.74) is 2.31. The number of amides is 2. The second-order valence-corrected chi connectivity index (χ2v) is 10.6. The van der Waals surface area contributed by atoms with Crippen LogP contribution in [0.2, 0.25) is 5.02 Å². The minimum Gasteiger partial charge on any atom is -0.338 e. The first-order valence-electron chi connectivity index (χ1n) is 10.5. The van der Waals surface area contributed by atoms with E-state index in [0.29, 0.717) is 10.7 Å². The van der Waals surface area contributed by atoms with Crippen LogP contribution >= 0.6 is 51.5 Å². The highest BCUT2D eigenvalue weighted by atomic mass is 79.9. The number of carbonyl (C=O) groups is 2. The van der Waals surface area contributed by atoms with Gasteiger partial charge in [-0.25, -0.2) is 0 Å². The van der Waals surface area contributed by atoms with E-state index in [1.807, 2.05) is 55.6 Å². The third-order valence-corrected chi connectivity index (χ3v) is 7.85.